The van der Waals surface area contributed by atoms with Crippen molar-refractivity contribution >= 4 is 17.4 Å². The van der Waals surface area contributed by atoms with Gasteiger partial charge in [0, 0.05) is 0 Å². The van der Waals surface area contributed by atoms with E-state index < -0.39 is 6.03 Å². The van der Waals surface area contributed by atoms with Crippen LogP contribution in [0.3, 0.4) is 0 Å². The number of hydrogen-bond acceptors (Lipinski definition) is 3. The number of urea groups is 1. The van der Waals surface area contributed by atoms with Gasteiger partial charge in [0.2, 0.25) is 0 Å². The molecule has 0 aromatic heterocycles. The van der Waals surface area contributed by atoms with Gasteiger partial charge in [0.05, 0.1) is 30.1 Å². The lowest BCUT2D eigenvalue weighted by Gasteiger charge is -2.20. The van der Waals surface area contributed by atoms with E-state index in [-0.39, 0.29) is 0 Å². The van der Waals surface area contributed by atoms with Gasteiger partial charge in [-0.2, -0.15) is 5.26 Å². The number of nitrogens with zero attached hydrogens (tertiary/aromatic N) is 2. The minimum atomic E-state index is -0.597. The molecule has 0 saturated carbocycles. The molecule has 0 unspecified atom stereocenters. The summed E-state index contributed by atoms with van der Waals surface area (Å²) in [5, 5.41) is 8.78. The Bertz CT molecular complexity index is 642. The van der Waals surface area contributed by atoms with Gasteiger partial charge >= 0.3 is 6.03 Å². The van der Waals surface area contributed by atoms with Crippen molar-refractivity contribution in [2.24, 2.45) is 5.73 Å². The third-order valence-electron chi connectivity index (χ3n) is 2.81. The molecule has 5 heteroatoms. The summed E-state index contributed by atoms with van der Waals surface area (Å²) in [6, 6.07) is 15.0. The van der Waals surface area contributed by atoms with Crippen molar-refractivity contribution in [2.45, 2.75) is 0 Å². The number of amides is 2. The minimum absolute atomic E-state index is 0.521. The summed E-state index contributed by atoms with van der Waals surface area (Å²) < 4.78 is 5.07. The van der Waals surface area contributed by atoms with Crippen molar-refractivity contribution in [1.29, 1.82) is 5.26 Å². The second-order valence-electron chi connectivity index (χ2n) is 4.03. The summed E-state index contributed by atoms with van der Waals surface area (Å²) in [6.07, 6.45) is 0. The Morgan fingerprint density at radius 1 is 1.10 bits per heavy atom. The molecule has 20 heavy (non-hydrogen) atoms. The van der Waals surface area contributed by atoms with E-state index in [1.54, 1.807) is 55.6 Å². The van der Waals surface area contributed by atoms with Gasteiger partial charge in [0.25, 0.3) is 0 Å². The number of nitrogens with two attached hydrogens (primary N) is 1. The van der Waals surface area contributed by atoms with E-state index in [4.69, 9.17) is 15.7 Å². The van der Waals surface area contributed by atoms with E-state index in [2.05, 4.69) is 0 Å². The van der Waals surface area contributed by atoms with Crippen LogP contribution in [0.2, 0.25) is 0 Å². The highest BCUT2D eigenvalue weighted by Crippen LogP contribution is 2.27. The first-order valence-electron chi connectivity index (χ1n) is 5.89. The van der Waals surface area contributed by atoms with Crippen LogP contribution in [0, 0.1) is 11.3 Å². The highest BCUT2D eigenvalue weighted by atomic mass is 16.5. The standard InChI is InChI=1S/C15H13N3O2/c1-20-14-8-6-13(7-9-14)18(15(17)19)12-4-2-11(10-16)3-5-12/h2-9H,1H3,(H2,17,19). The molecule has 5 nitrogen and oxygen atoms in total. The maximum atomic E-state index is 11.7. The van der Waals surface area contributed by atoms with Crippen molar-refractivity contribution in [3.63, 3.8) is 0 Å². The summed E-state index contributed by atoms with van der Waals surface area (Å²) in [6.45, 7) is 0. The number of methoxy groups -OCH3 is 1. The Hall–Kier alpha value is -3.00. The van der Waals surface area contributed by atoms with Gasteiger partial charge in [-0.15, -0.1) is 0 Å². The molecule has 0 bridgehead atoms. The molecule has 0 saturated heterocycles. The quantitative estimate of drug-likeness (QED) is 0.928. The monoisotopic (exact) mass is 267 g/mol. The summed E-state index contributed by atoms with van der Waals surface area (Å²) in [4.78, 5) is 13.0. The summed E-state index contributed by atoms with van der Waals surface area (Å²) in [7, 11) is 1.57. The summed E-state index contributed by atoms with van der Waals surface area (Å²) >= 11 is 0. The van der Waals surface area contributed by atoms with Crippen LogP contribution < -0.4 is 15.4 Å². The maximum Gasteiger partial charge on any atom is 0.323 e. The highest BCUT2D eigenvalue weighted by Gasteiger charge is 2.14. The largest absolute Gasteiger partial charge is 0.497 e. The zero-order chi connectivity index (χ0) is 14.5. The molecule has 2 N–H and O–H groups in total. The Morgan fingerprint density at radius 2 is 1.60 bits per heavy atom. The van der Waals surface area contributed by atoms with Crippen LogP contribution in [0.1, 0.15) is 5.56 Å². The third-order valence-corrected chi connectivity index (χ3v) is 2.81. The second kappa shape index (κ2) is 5.76. The average molecular weight is 267 g/mol. The number of hydrogen-bond donors (Lipinski definition) is 1. The molecular formula is C15H13N3O2. The van der Waals surface area contributed by atoms with E-state index in [9.17, 15) is 4.79 Å². The molecule has 0 fully saturated rings. The van der Waals surface area contributed by atoms with Crippen molar-refractivity contribution in [2.75, 3.05) is 12.0 Å². The van der Waals surface area contributed by atoms with E-state index >= 15 is 0 Å². The predicted molar refractivity (Wildman–Crippen MR) is 75.9 cm³/mol. The first-order valence-corrected chi connectivity index (χ1v) is 5.89. The average Bonchev–Trinajstić information content (AvgIpc) is 2.48. The molecule has 0 radical (unpaired) electrons. The molecule has 0 heterocycles. The molecule has 0 aliphatic carbocycles. The Kier molecular flexibility index (Phi) is 3.87. The molecular weight excluding hydrogens is 254 g/mol. The van der Waals surface area contributed by atoms with Gasteiger partial charge in [0.15, 0.2) is 0 Å². The molecule has 2 aromatic rings. The molecule has 0 atom stereocenters. The van der Waals surface area contributed by atoms with Crippen LogP contribution >= 0.6 is 0 Å². The number of carbonyl (C=O) groups is 1. The van der Waals surface area contributed by atoms with E-state index in [1.165, 1.54) is 4.90 Å². The van der Waals surface area contributed by atoms with Crippen LogP contribution in [0.4, 0.5) is 16.2 Å². The topological polar surface area (TPSA) is 79.3 Å². The van der Waals surface area contributed by atoms with E-state index in [0.717, 1.165) is 0 Å². The number of ether oxygens (including phenoxy) is 1. The predicted octanol–water partition coefficient (Wildman–Crippen LogP) is 2.78. The van der Waals surface area contributed by atoms with Crippen molar-refractivity contribution in [1.82, 2.24) is 0 Å². The van der Waals surface area contributed by atoms with Gasteiger partial charge in [0.1, 0.15) is 5.75 Å². The number of carbonyl (C=O) groups excluding carboxylic acids is 1. The molecule has 100 valence electrons. The normalized spacial score (nSPS) is 9.60. The lowest BCUT2D eigenvalue weighted by molar-refractivity contribution is 0.256. The molecule has 2 aromatic carbocycles. The molecule has 2 rings (SSSR count). The molecule has 0 spiro atoms. The Balaban J connectivity index is 2.39. The number of primary amides is 1. The Morgan fingerprint density at radius 3 is 2.00 bits per heavy atom. The van der Waals surface area contributed by atoms with Gasteiger partial charge in [-0.1, -0.05) is 0 Å². The lowest BCUT2D eigenvalue weighted by atomic mass is 10.2. The van der Waals surface area contributed by atoms with Crippen molar-refractivity contribution < 1.29 is 9.53 Å². The fourth-order valence-corrected chi connectivity index (χ4v) is 1.82. The van der Waals surface area contributed by atoms with Gasteiger partial charge in [-0.05, 0) is 48.5 Å². The smallest absolute Gasteiger partial charge is 0.323 e. The first kappa shape index (κ1) is 13.4. The van der Waals surface area contributed by atoms with Crippen molar-refractivity contribution in [3.8, 4) is 11.8 Å². The van der Waals surface area contributed by atoms with E-state index in [1.807, 2.05) is 6.07 Å². The van der Waals surface area contributed by atoms with Crippen LogP contribution in [-0.2, 0) is 0 Å². The number of rotatable bonds is 3. The minimum Gasteiger partial charge on any atom is -0.497 e. The van der Waals surface area contributed by atoms with Crippen LogP contribution in [0.25, 0.3) is 0 Å². The zero-order valence-electron chi connectivity index (χ0n) is 10.9. The van der Waals surface area contributed by atoms with E-state index in [0.29, 0.717) is 22.7 Å². The van der Waals surface area contributed by atoms with Gasteiger partial charge < -0.3 is 10.5 Å². The zero-order valence-corrected chi connectivity index (χ0v) is 10.9. The van der Waals surface area contributed by atoms with Gasteiger partial charge in [-0.25, -0.2) is 4.79 Å². The van der Waals surface area contributed by atoms with Gasteiger partial charge in [-0.3, -0.25) is 4.90 Å². The Labute approximate surface area is 116 Å². The summed E-state index contributed by atoms with van der Waals surface area (Å²) in [5.41, 5.74) is 7.18. The SMILES string of the molecule is COc1ccc(N(C(N)=O)c2ccc(C#N)cc2)cc1. The van der Waals surface area contributed by atoms with Crippen LogP contribution in [-0.4, -0.2) is 13.1 Å². The van der Waals surface area contributed by atoms with Crippen LogP contribution in [0.15, 0.2) is 48.5 Å². The molecule has 2 amide bonds. The number of anilines is 2. The maximum absolute atomic E-state index is 11.7. The van der Waals surface area contributed by atoms with Crippen LogP contribution in [0.5, 0.6) is 5.75 Å². The first-order chi connectivity index (χ1) is 9.65. The number of nitriles is 1. The number of benzene rings is 2. The third kappa shape index (κ3) is 2.70. The molecule has 0 aliphatic rings. The molecule has 0 aliphatic heterocycles. The highest BCUT2D eigenvalue weighted by molar-refractivity contribution is 5.98. The second-order valence-corrected chi connectivity index (χ2v) is 4.03. The fraction of sp³-hybridized carbons (Fsp3) is 0.0667. The van der Waals surface area contributed by atoms with Crippen molar-refractivity contribution in [3.05, 3.63) is 54.1 Å². The lowest BCUT2D eigenvalue weighted by Crippen LogP contribution is -2.31. The fourth-order valence-electron chi connectivity index (χ4n) is 1.82. The summed E-state index contributed by atoms with van der Waals surface area (Å²) in [5.74, 6) is 0.693.